The number of nitrogens with zero attached hydrogens (tertiary/aromatic N) is 2. The van der Waals surface area contributed by atoms with E-state index < -0.39 is 11.9 Å². The van der Waals surface area contributed by atoms with Crippen molar-refractivity contribution in [1.29, 1.82) is 0 Å². The summed E-state index contributed by atoms with van der Waals surface area (Å²) in [7, 11) is 0. The van der Waals surface area contributed by atoms with Crippen LogP contribution in [0.15, 0.2) is 48.5 Å². The summed E-state index contributed by atoms with van der Waals surface area (Å²) >= 11 is 0. The molecule has 0 saturated heterocycles. The molecule has 3 amide bonds. The molecule has 8 heteroatoms. The summed E-state index contributed by atoms with van der Waals surface area (Å²) in [6.45, 7) is 5.12. The maximum absolute atomic E-state index is 12.5. The summed E-state index contributed by atoms with van der Waals surface area (Å²) in [6, 6.07) is 13.7. The van der Waals surface area contributed by atoms with Crippen LogP contribution in [-0.2, 0) is 16.1 Å². The number of carbonyl (C=O) groups excluding carboxylic acids is 3. The molecule has 31 heavy (non-hydrogen) atoms. The largest absolute Gasteiger partial charge is 0.354 e. The van der Waals surface area contributed by atoms with E-state index in [1.807, 2.05) is 24.3 Å². The molecular formula is C23H25N5O3. The maximum atomic E-state index is 12.5. The highest BCUT2D eigenvalue weighted by atomic mass is 16.2. The van der Waals surface area contributed by atoms with Gasteiger partial charge < -0.3 is 20.5 Å². The zero-order valence-corrected chi connectivity index (χ0v) is 17.5. The average Bonchev–Trinajstić information content (AvgIpc) is 3.07. The van der Waals surface area contributed by atoms with E-state index in [1.165, 1.54) is 0 Å². The lowest BCUT2D eigenvalue weighted by Gasteiger charge is -2.15. The predicted molar refractivity (Wildman–Crippen MR) is 118 cm³/mol. The van der Waals surface area contributed by atoms with Gasteiger partial charge in [-0.25, -0.2) is 4.98 Å². The molecule has 0 fully saturated rings. The molecule has 0 spiro atoms. The Kier molecular flexibility index (Phi) is 5.70. The van der Waals surface area contributed by atoms with Crippen molar-refractivity contribution in [2.75, 3.05) is 11.9 Å². The van der Waals surface area contributed by atoms with Crippen molar-refractivity contribution in [3.8, 4) is 0 Å². The fourth-order valence-electron chi connectivity index (χ4n) is 3.79. The monoisotopic (exact) mass is 419 g/mol. The Hall–Kier alpha value is -3.68. The zero-order valence-electron chi connectivity index (χ0n) is 17.5. The van der Waals surface area contributed by atoms with Gasteiger partial charge in [-0.3, -0.25) is 14.4 Å². The van der Waals surface area contributed by atoms with Crippen molar-refractivity contribution in [2.24, 2.45) is 0 Å². The van der Waals surface area contributed by atoms with Crippen LogP contribution in [0.2, 0.25) is 0 Å². The first-order valence-electron chi connectivity index (χ1n) is 10.4. The van der Waals surface area contributed by atoms with E-state index in [1.54, 1.807) is 24.3 Å². The van der Waals surface area contributed by atoms with Gasteiger partial charge in [-0.2, -0.15) is 0 Å². The molecule has 0 radical (unpaired) electrons. The van der Waals surface area contributed by atoms with E-state index in [4.69, 9.17) is 4.98 Å². The van der Waals surface area contributed by atoms with E-state index in [0.29, 0.717) is 24.3 Å². The minimum Gasteiger partial charge on any atom is -0.354 e. The third-order valence-electron chi connectivity index (χ3n) is 5.30. The maximum Gasteiger partial charge on any atom is 0.254 e. The summed E-state index contributed by atoms with van der Waals surface area (Å²) < 4.78 is 2.11. The van der Waals surface area contributed by atoms with Crippen LogP contribution in [0.25, 0.3) is 11.0 Å². The van der Waals surface area contributed by atoms with Crippen LogP contribution in [0, 0.1) is 0 Å². The van der Waals surface area contributed by atoms with Crippen LogP contribution in [0.3, 0.4) is 0 Å². The number of para-hydroxylation sites is 3. The standard InChI is InChI=1S/C23H25N5O3/c1-14(2)21-25-17-9-5-6-10-19(17)28(21)12-11-24-20(29)13-18-23(31)26-16-8-4-3-7-15(16)22(30)27-18/h3-10,14,18H,11-13H2,1-2H3,(H,24,29)(H,26,31)(H,27,30). The van der Waals surface area contributed by atoms with E-state index in [0.717, 1.165) is 16.9 Å². The Bertz CT molecular complexity index is 1150. The number of benzene rings is 2. The number of imidazole rings is 1. The Morgan fingerprint density at radius 2 is 1.87 bits per heavy atom. The summed E-state index contributed by atoms with van der Waals surface area (Å²) in [5.74, 6) is 0.120. The highest BCUT2D eigenvalue weighted by molar-refractivity contribution is 6.10. The van der Waals surface area contributed by atoms with Crippen LogP contribution >= 0.6 is 0 Å². The molecule has 160 valence electrons. The second kappa shape index (κ2) is 8.59. The fraction of sp³-hybridized carbons (Fsp3) is 0.304. The lowest BCUT2D eigenvalue weighted by atomic mass is 10.1. The van der Waals surface area contributed by atoms with Gasteiger partial charge in [-0.05, 0) is 24.3 Å². The highest BCUT2D eigenvalue weighted by Crippen LogP contribution is 2.21. The second-order valence-corrected chi connectivity index (χ2v) is 7.88. The van der Waals surface area contributed by atoms with Crippen molar-refractivity contribution in [3.63, 3.8) is 0 Å². The van der Waals surface area contributed by atoms with Crippen molar-refractivity contribution < 1.29 is 14.4 Å². The Morgan fingerprint density at radius 1 is 1.13 bits per heavy atom. The number of nitrogens with one attached hydrogen (secondary N) is 3. The number of anilines is 1. The topological polar surface area (TPSA) is 105 Å². The quantitative estimate of drug-likeness (QED) is 0.571. The molecule has 3 N–H and O–H groups in total. The first-order chi connectivity index (χ1) is 14.9. The fourth-order valence-corrected chi connectivity index (χ4v) is 3.79. The Balaban J connectivity index is 1.38. The number of aromatic nitrogens is 2. The third-order valence-corrected chi connectivity index (χ3v) is 5.30. The Morgan fingerprint density at radius 3 is 2.68 bits per heavy atom. The van der Waals surface area contributed by atoms with Gasteiger partial charge in [0.1, 0.15) is 11.9 Å². The predicted octanol–water partition coefficient (Wildman–Crippen LogP) is 2.42. The van der Waals surface area contributed by atoms with Gasteiger partial charge in [-0.15, -0.1) is 0 Å². The highest BCUT2D eigenvalue weighted by Gasteiger charge is 2.29. The van der Waals surface area contributed by atoms with Gasteiger partial charge in [0.2, 0.25) is 11.8 Å². The molecular weight excluding hydrogens is 394 g/mol. The summed E-state index contributed by atoms with van der Waals surface area (Å²) in [6.07, 6.45) is -0.132. The van der Waals surface area contributed by atoms with Gasteiger partial charge >= 0.3 is 0 Å². The minimum absolute atomic E-state index is 0.132. The van der Waals surface area contributed by atoms with E-state index in [9.17, 15) is 14.4 Å². The van der Waals surface area contributed by atoms with Gasteiger partial charge in [0, 0.05) is 19.0 Å². The number of amides is 3. The van der Waals surface area contributed by atoms with Gasteiger partial charge in [0.05, 0.1) is 28.7 Å². The van der Waals surface area contributed by atoms with Crippen molar-refractivity contribution in [2.45, 2.75) is 38.8 Å². The zero-order chi connectivity index (χ0) is 22.0. The lowest BCUT2D eigenvalue weighted by molar-refractivity contribution is -0.125. The van der Waals surface area contributed by atoms with E-state index in [2.05, 4.69) is 34.4 Å². The number of hydrogen-bond donors (Lipinski definition) is 3. The molecule has 1 aromatic heterocycles. The number of carbonyl (C=O) groups is 3. The Labute approximate surface area is 180 Å². The van der Waals surface area contributed by atoms with Crippen molar-refractivity contribution >= 4 is 34.4 Å². The van der Waals surface area contributed by atoms with Crippen molar-refractivity contribution in [3.05, 3.63) is 59.9 Å². The first-order valence-corrected chi connectivity index (χ1v) is 10.4. The van der Waals surface area contributed by atoms with Crippen molar-refractivity contribution in [1.82, 2.24) is 20.2 Å². The summed E-state index contributed by atoms with van der Waals surface area (Å²) in [5.41, 5.74) is 2.77. The molecule has 1 aliphatic heterocycles. The number of fused-ring (bicyclic) bond motifs is 2. The smallest absolute Gasteiger partial charge is 0.254 e. The summed E-state index contributed by atoms with van der Waals surface area (Å²) in [4.78, 5) is 42.1. The normalized spacial score (nSPS) is 15.9. The molecule has 0 bridgehead atoms. The van der Waals surface area contributed by atoms with Gasteiger partial charge in [-0.1, -0.05) is 38.1 Å². The molecule has 0 aliphatic carbocycles. The average molecular weight is 419 g/mol. The van der Waals surface area contributed by atoms with Gasteiger partial charge in [0.15, 0.2) is 0 Å². The molecule has 1 unspecified atom stereocenters. The molecule has 1 aliphatic rings. The molecule has 1 atom stereocenters. The van der Waals surface area contributed by atoms with Crippen LogP contribution in [0.4, 0.5) is 5.69 Å². The second-order valence-electron chi connectivity index (χ2n) is 7.88. The molecule has 4 rings (SSSR count). The molecule has 0 saturated carbocycles. The lowest BCUT2D eigenvalue weighted by Crippen LogP contribution is -2.44. The number of rotatable bonds is 6. The molecule has 8 nitrogen and oxygen atoms in total. The van der Waals surface area contributed by atoms with Crippen LogP contribution in [0.1, 0.15) is 42.4 Å². The first kappa shape index (κ1) is 20.6. The number of hydrogen-bond acceptors (Lipinski definition) is 4. The van der Waals surface area contributed by atoms with Crippen LogP contribution in [0.5, 0.6) is 0 Å². The van der Waals surface area contributed by atoms with Crippen LogP contribution in [-0.4, -0.2) is 39.9 Å². The molecule has 2 aromatic carbocycles. The molecule has 2 heterocycles. The molecule has 3 aromatic rings. The third kappa shape index (κ3) is 4.28. The van der Waals surface area contributed by atoms with Gasteiger partial charge in [0.25, 0.3) is 5.91 Å². The van der Waals surface area contributed by atoms with E-state index >= 15 is 0 Å². The summed E-state index contributed by atoms with van der Waals surface area (Å²) in [5, 5.41) is 8.21. The van der Waals surface area contributed by atoms with Crippen LogP contribution < -0.4 is 16.0 Å². The SMILES string of the molecule is CC(C)c1nc2ccccc2n1CCNC(=O)CC1NC(=O)c2ccccc2NC1=O. The minimum atomic E-state index is -0.930. The van der Waals surface area contributed by atoms with E-state index in [-0.39, 0.29) is 24.2 Å².